The lowest BCUT2D eigenvalue weighted by atomic mass is 9.95. The minimum atomic E-state index is -1.42. The van der Waals surface area contributed by atoms with Gasteiger partial charge in [0.05, 0.1) is 18.0 Å². The number of hydrogen-bond acceptors (Lipinski definition) is 5. The van der Waals surface area contributed by atoms with E-state index in [2.05, 4.69) is 0 Å². The van der Waals surface area contributed by atoms with Crippen molar-refractivity contribution in [3.05, 3.63) is 69.5 Å². The third kappa shape index (κ3) is 3.52. The maximum absolute atomic E-state index is 15.9. The number of nitrogens with zero attached hydrogens (tertiary/aromatic N) is 2. The number of methoxy groups -OCH3 is 1. The molecule has 1 aliphatic carbocycles. The summed E-state index contributed by atoms with van der Waals surface area (Å²) in [6, 6.07) is 7.89. The zero-order valence-electron chi connectivity index (χ0n) is 17.9. The first-order chi connectivity index (χ1) is 15.8. The van der Waals surface area contributed by atoms with E-state index in [1.54, 1.807) is 12.0 Å². The fourth-order valence-corrected chi connectivity index (χ4v) is 4.73. The van der Waals surface area contributed by atoms with Crippen molar-refractivity contribution in [1.29, 1.82) is 0 Å². The number of pyridine rings is 1. The largest absolute Gasteiger partial charge is 0.497 e. The van der Waals surface area contributed by atoms with Gasteiger partial charge in [0, 0.05) is 37.3 Å². The molecule has 1 saturated heterocycles. The normalized spacial score (nSPS) is 20.4. The van der Waals surface area contributed by atoms with Crippen LogP contribution in [-0.4, -0.2) is 41.9 Å². The van der Waals surface area contributed by atoms with Crippen molar-refractivity contribution < 1.29 is 23.4 Å². The summed E-state index contributed by atoms with van der Waals surface area (Å²) in [7, 11) is 1.57. The van der Waals surface area contributed by atoms with Gasteiger partial charge < -0.3 is 25.0 Å². The van der Waals surface area contributed by atoms with Crippen LogP contribution < -0.4 is 20.8 Å². The smallest absolute Gasteiger partial charge is 0.341 e. The van der Waals surface area contributed by atoms with Crippen molar-refractivity contribution >= 4 is 22.6 Å². The summed E-state index contributed by atoms with van der Waals surface area (Å²) >= 11 is 0. The van der Waals surface area contributed by atoms with Crippen molar-refractivity contribution in [1.82, 2.24) is 4.57 Å². The number of hydrogen-bond donors (Lipinski definition) is 2. The Kier molecular flexibility index (Phi) is 5.08. The van der Waals surface area contributed by atoms with E-state index in [4.69, 9.17) is 10.5 Å². The van der Waals surface area contributed by atoms with Crippen LogP contribution in [0.4, 0.5) is 14.5 Å². The van der Waals surface area contributed by atoms with Gasteiger partial charge in [-0.05, 0) is 36.6 Å². The van der Waals surface area contributed by atoms with Crippen LogP contribution in [-0.2, 0) is 0 Å². The minimum absolute atomic E-state index is 0.0645. The van der Waals surface area contributed by atoms with E-state index in [1.807, 2.05) is 24.3 Å². The number of anilines is 1. The summed E-state index contributed by atoms with van der Waals surface area (Å²) in [4.78, 5) is 25.8. The lowest BCUT2D eigenvalue weighted by molar-refractivity contribution is 0.0694. The zero-order chi connectivity index (χ0) is 23.4. The molecule has 1 saturated carbocycles. The molecule has 3 N–H and O–H groups in total. The number of nitrogens with two attached hydrogens (primary N) is 1. The molecule has 1 aliphatic heterocycles. The summed E-state index contributed by atoms with van der Waals surface area (Å²) in [5.74, 6) is -2.65. The van der Waals surface area contributed by atoms with Gasteiger partial charge in [0.2, 0.25) is 5.43 Å². The molecule has 0 bridgehead atoms. The monoisotopic (exact) mass is 455 g/mol. The van der Waals surface area contributed by atoms with Gasteiger partial charge in [-0.25, -0.2) is 13.6 Å². The zero-order valence-corrected chi connectivity index (χ0v) is 17.9. The summed E-state index contributed by atoms with van der Waals surface area (Å²) < 4.78 is 37.7. The lowest BCUT2D eigenvalue weighted by Gasteiger charge is -2.22. The Hall–Kier alpha value is -3.46. The third-order valence-electron chi connectivity index (χ3n) is 6.58. The second-order valence-electron chi connectivity index (χ2n) is 8.68. The number of halogens is 2. The van der Waals surface area contributed by atoms with Crippen LogP contribution in [0.25, 0.3) is 10.9 Å². The molecule has 7 nitrogen and oxygen atoms in total. The molecule has 2 aromatic carbocycles. The predicted molar refractivity (Wildman–Crippen MR) is 119 cm³/mol. The van der Waals surface area contributed by atoms with Crippen molar-refractivity contribution in [3.63, 3.8) is 0 Å². The van der Waals surface area contributed by atoms with E-state index in [0.717, 1.165) is 24.5 Å². The molecule has 0 radical (unpaired) electrons. The summed E-state index contributed by atoms with van der Waals surface area (Å²) in [5.41, 5.74) is 5.59. The van der Waals surface area contributed by atoms with Crippen molar-refractivity contribution in [2.75, 3.05) is 25.1 Å². The number of aromatic nitrogens is 1. The molecule has 9 heteroatoms. The van der Waals surface area contributed by atoms with Crippen LogP contribution >= 0.6 is 0 Å². The highest BCUT2D eigenvalue weighted by atomic mass is 19.1. The third-order valence-corrected chi connectivity index (χ3v) is 6.58. The first kappa shape index (κ1) is 21.4. The molecule has 33 heavy (non-hydrogen) atoms. The van der Waals surface area contributed by atoms with E-state index < -0.39 is 28.6 Å². The Morgan fingerprint density at radius 3 is 2.48 bits per heavy atom. The first-order valence-corrected chi connectivity index (χ1v) is 10.7. The summed E-state index contributed by atoms with van der Waals surface area (Å²) in [6.07, 6.45) is 2.64. The van der Waals surface area contributed by atoms with Crippen LogP contribution in [0.1, 0.15) is 40.7 Å². The number of fused-ring (bicyclic) bond motifs is 1. The van der Waals surface area contributed by atoms with Crippen molar-refractivity contribution in [2.45, 2.75) is 30.8 Å². The van der Waals surface area contributed by atoms with Crippen LogP contribution in [0.15, 0.2) is 41.3 Å². The molecular formula is C24H23F2N3O4. The van der Waals surface area contributed by atoms with E-state index >= 15 is 8.78 Å². The van der Waals surface area contributed by atoms with Crippen molar-refractivity contribution in [2.24, 2.45) is 5.73 Å². The quantitative estimate of drug-likeness (QED) is 0.613. The molecule has 172 valence electrons. The second-order valence-corrected chi connectivity index (χ2v) is 8.68. The SMILES string of the molecule is COc1ccc(C2CN(c3c(F)cc4c(=O)c(C(=O)O)cn(C5CC5)c4c3F)CC2N)cc1. The molecule has 2 unspecified atom stereocenters. The number of ether oxygens (including phenoxy) is 1. The van der Waals surface area contributed by atoms with E-state index in [-0.39, 0.29) is 41.1 Å². The fourth-order valence-electron chi connectivity index (χ4n) is 4.73. The summed E-state index contributed by atoms with van der Waals surface area (Å²) in [5, 5.41) is 9.12. The minimum Gasteiger partial charge on any atom is -0.497 e. The summed E-state index contributed by atoms with van der Waals surface area (Å²) in [6.45, 7) is 0.532. The molecule has 3 aromatic rings. The molecular weight excluding hydrogens is 432 g/mol. The van der Waals surface area contributed by atoms with Crippen LogP contribution in [0.3, 0.4) is 0 Å². The van der Waals surface area contributed by atoms with Gasteiger partial charge in [0.15, 0.2) is 5.82 Å². The first-order valence-electron chi connectivity index (χ1n) is 10.7. The highest BCUT2D eigenvalue weighted by Gasteiger charge is 2.36. The maximum atomic E-state index is 15.9. The Bertz CT molecular complexity index is 1320. The number of benzene rings is 2. The van der Waals surface area contributed by atoms with Crippen LogP contribution in [0, 0.1) is 11.6 Å². The fraction of sp³-hybridized carbons (Fsp3) is 0.333. The number of carbonyl (C=O) groups is 1. The molecule has 2 aliphatic rings. The van der Waals surface area contributed by atoms with Gasteiger partial charge in [-0.3, -0.25) is 4.79 Å². The number of carboxylic acid groups (broad SMARTS) is 1. The van der Waals surface area contributed by atoms with Crippen LogP contribution in [0.2, 0.25) is 0 Å². The van der Waals surface area contributed by atoms with E-state index in [0.29, 0.717) is 12.3 Å². The Balaban J connectivity index is 1.60. The topological polar surface area (TPSA) is 97.8 Å². The van der Waals surface area contributed by atoms with E-state index in [9.17, 15) is 14.7 Å². The van der Waals surface area contributed by atoms with Gasteiger partial charge in [-0.1, -0.05) is 12.1 Å². The molecule has 0 spiro atoms. The highest BCUT2D eigenvalue weighted by molar-refractivity contribution is 5.94. The Morgan fingerprint density at radius 2 is 1.88 bits per heavy atom. The Labute approximate surface area is 188 Å². The van der Waals surface area contributed by atoms with Gasteiger partial charge in [-0.2, -0.15) is 0 Å². The molecule has 1 aromatic heterocycles. The lowest BCUT2D eigenvalue weighted by Crippen LogP contribution is -2.29. The molecule has 2 atom stereocenters. The van der Waals surface area contributed by atoms with Crippen LogP contribution in [0.5, 0.6) is 5.75 Å². The second kappa shape index (κ2) is 7.84. The van der Waals surface area contributed by atoms with Gasteiger partial charge in [-0.15, -0.1) is 0 Å². The van der Waals surface area contributed by atoms with Crippen molar-refractivity contribution in [3.8, 4) is 5.75 Å². The average Bonchev–Trinajstić information content (AvgIpc) is 3.56. The molecule has 2 fully saturated rings. The number of aromatic carboxylic acids is 1. The molecule has 5 rings (SSSR count). The van der Waals surface area contributed by atoms with E-state index in [1.165, 1.54) is 10.8 Å². The average molecular weight is 455 g/mol. The van der Waals surface area contributed by atoms with Gasteiger partial charge in [0.1, 0.15) is 22.8 Å². The Morgan fingerprint density at radius 1 is 1.18 bits per heavy atom. The molecule has 2 heterocycles. The number of carboxylic acids is 1. The highest BCUT2D eigenvalue weighted by Crippen LogP contribution is 2.41. The number of rotatable bonds is 5. The molecule has 0 amide bonds. The van der Waals surface area contributed by atoms with Gasteiger partial charge >= 0.3 is 5.97 Å². The predicted octanol–water partition coefficient (Wildman–Crippen LogP) is 3.25. The maximum Gasteiger partial charge on any atom is 0.341 e. The standard InChI is InChI=1S/C24H23F2N3O4/c1-33-14-6-2-12(3-7-14)16-9-28(11-19(16)27)22-18(25)8-15-21(20(22)26)29(13-4-5-13)10-17(23(15)30)24(31)32/h2-3,6-8,10,13,16,19H,4-5,9,11,27H2,1H3,(H,31,32). The van der Waals surface area contributed by atoms with Gasteiger partial charge in [0.25, 0.3) is 0 Å².